The van der Waals surface area contributed by atoms with E-state index in [0.29, 0.717) is 5.88 Å². The molecule has 0 atom stereocenters. The number of methoxy groups -OCH3 is 1. The largest absolute Gasteiger partial charge is 0.479 e. The molecule has 1 aromatic heterocycles. The summed E-state index contributed by atoms with van der Waals surface area (Å²) in [6, 6.07) is 8.23. The molecule has 0 radical (unpaired) electrons. The minimum absolute atomic E-state index is 0.160. The van der Waals surface area contributed by atoms with Crippen molar-refractivity contribution in [3.8, 4) is 11.6 Å². The number of benzene rings is 1. The Morgan fingerprint density at radius 2 is 1.76 bits per heavy atom. The van der Waals surface area contributed by atoms with E-state index >= 15 is 0 Å². The molecule has 0 bridgehead atoms. The maximum Gasteiger partial charge on any atom is 0.253 e. The molecule has 4 nitrogen and oxygen atoms in total. The van der Waals surface area contributed by atoms with Crippen LogP contribution in [0.4, 0.5) is 0 Å². The van der Waals surface area contributed by atoms with Crippen molar-refractivity contribution < 1.29 is 4.74 Å². The second-order valence-electron chi connectivity index (χ2n) is 4.97. The molecule has 0 aliphatic carbocycles. The normalized spacial score (nSPS) is 11.5. The van der Waals surface area contributed by atoms with Crippen LogP contribution in [-0.2, 0) is 5.41 Å². The third-order valence-electron chi connectivity index (χ3n) is 2.64. The lowest BCUT2D eigenvalue weighted by Gasteiger charge is -2.18. The van der Waals surface area contributed by atoms with Gasteiger partial charge in [0, 0.05) is 0 Å². The predicted molar refractivity (Wildman–Crippen MR) is 66.6 cm³/mol. The molecule has 90 valence electrons. The molecule has 0 amide bonds. The van der Waals surface area contributed by atoms with Crippen LogP contribution < -0.4 is 4.74 Å². The van der Waals surface area contributed by atoms with E-state index in [1.165, 1.54) is 5.56 Å². The quantitative estimate of drug-likeness (QED) is 0.797. The van der Waals surface area contributed by atoms with Gasteiger partial charge in [0.15, 0.2) is 0 Å². The third kappa shape index (κ3) is 2.46. The van der Waals surface area contributed by atoms with Crippen molar-refractivity contribution >= 4 is 0 Å². The number of hydrogen-bond acceptors (Lipinski definition) is 3. The molecule has 0 aliphatic heterocycles. The number of aromatic nitrogens is 3. The third-order valence-corrected chi connectivity index (χ3v) is 2.64. The molecule has 4 heteroatoms. The lowest BCUT2D eigenvalue weighted by Crippen LogP contribution is -2.11. The van der Waals surface area contributed by atoms with E-state index in [4.69, 9.17) is 4.74 Å². The summed E-state index contributed by atoms with van der Waals surface area (Å²) in [4.78, 5) is 1.56. The average molecular weight is 231 g/mol. The Kier molecular flexibility index (Phi) is 2.88. The number of hydrogen-bond donors (Lipinski definition) is 0. The predicted octanol–water partition coefficient (Wildman–Crippen LogP) is 2.57. The van der Waals surface area contributed by atoms with Crippen LogP contribution in [0, 0.1) is 0 Å². The summed E-state index contributed by atoms with van der Waals surface area (Å²) >= 11 is 0. The molecule has 2 rings (SSSR count). The minimum Gasteiger partial charge on any atom is -0.479 e. The van der Waals surface area contributed by atoms with E-state index in [2.05, 4.69) is 43.1 Å². The van der Waals surface area contributed by atoms with Gasteiger partial charge in [-0.1, -0.05) is 32.9 Å². The van der Waals surface area contributed by atoms with E-state index in [1.54, 1.807) is 18.1 Å². The standard InChI is InChI=1S/C13H17N3O/c1-13(2,3)10-5-7-11(8-6-10)16-14-9-12(15-16)17-4/h5-9H,1-4H3. The van der Waals surface area contributed by atoms with E-state index in [1.807, 2.05) is 12.1 Å². The van der Waals surface area contributed by atoms with E-state index < -0.39 is 0 Å². The van der Waals surface area contributed by atoms with Crippen LogP contribution in [0.3, 0.4) is 0 Å². The van der Waals surface area contributed by atoms with Crippen molar-refractivity contribution in [1.82, 2.24) is 15.0 Å². The molecule has 0 unspecified atom stereocenters. The fourth-order valence-electron chi connectivity index (χ4n) is 1.56. The summed E-state index contributed by atoms with van der Waals surface area (Å²) < 4.78 is 5.00. The topological polar surface area (TPSA) is 39.9 Å². The van der Waals surface area contributed by atoms with Crippen molar-refractivity contribution in [2.45, 2.75) is 26.2 Å². The summed E-state index contributed by atoms with van der Waals surface area (Å²) in [5.41, 5.74) is 2.38. The van der Waals surface area contributed by atoms with Gasteiger partial charge in [-0.2, -0.15) is 5.10 Å². The van der Waals surface area contributed by atoms with Crippen molar-refractivity contribution in [2.24, 2.45) is 0 Å². The number of rotatable bonds is 2. The molecule has 0 spiro atoms. The Morgan fingerprint density at radius 3 is 2.24 bits per heavy atom. The Morgan fingerprint density at radius 1 is 1.12 bits per heavy atom. The lowest BCUT2D eigenvalue weighted by atomic mass is 9.87. The summed E-state index contributed by atoms with van der Waals surface area (Å²) in [6.45, 7) is 6.57. The summed E-state index contributed by atoms with van der Waals surface area (Å²) in [6.07, 6.45) is 1.59. The van der Waals surface area contributed by atoms with Gasteiger partial charge in [0.25, 0.3) is 5.88 Å². The molecule has 0 fully saturated rings. The van der Waals surface area contributed by atoms with Gasteiger partial charge in [-0.25, -0.2) is 0 Å². The fraction of sp³-hybridized carbons (Fsp3) is 0.385. The maximum atomic E-state index is 5.00. The monoisotopic (exact) mass is 231 g/mol. The van der Waals surface area contributed by atoms with Crippen molar-refractivity contribution in [3.63, 3.8) is 0 Å². The van der Waals surface area contributed by atoms with Gasteiger partial charge in [0.1, 0.15) is 6.20 Å². The molecule has 1 heterocycles. The highest BCUT2D eigenvalue weighted by Gasteiger charge is 2.13. The number of nitrogens with zero attached hydrogens (tertiary/aromatic N) is 3. The zero-order valence-corrected chi connectivity index (χ0v) is 10.6. The average Bonchev–Trinajstić information content (AvgIpc) is 2.76. The fourth-order valence-corrected chi connectivity index (χ4v) is 1.56. The van der Waals surface area contributed by atoms with Gasteiger partial charge in [-0.3, -0.25) is 0 Å². The molecule has 0 saturated heterocycles. The molecule has 0 N–H and O–H groups in total. The first-order chi connectivity index (χ1) is 8.00. The first-order valence-electron chi connectivity index (χ1n) is 5.58. The van der Waals surface area contributed by atoms with Gasteiger partial charge >= 0.3 is 0 Å². The Bertz CT molecular complexity index is 494. The zero-order valence-electron chi connectivity index (χ0n) is 10.6. The van der Waals surface area contributed by atoms with E-state index in [-0.39, 0.29) is 5.41 Å². The van der Waals surface area contributed by atoms with Crippen LogP contribution in [0.15, 0.2) is 30.5 Å². The molecule has 2 aromatic rings. The van der Waals surface area contributed by atoms with Crippen LogP contribution >= 0.6 is 0 Å². The van der Waals surface area contributed by atoms with Crippen LogP contribution in [0.5, 0.6) is 5.88 Å². The Labute approximate surface area is 101 Å². The SMILES string of the molecule is COc1cnn(-c2ccc(C(C)(C)C)cc2)n1. The molecular formula is C13H17N3O. The highest BCUT2D eigenvalue weighted by atomic mass is 16.5. The first kappa shape index (κ1) is 11.6. The van der Waals surface area contributed by atoms with E-state index in [0.717, 1.165) is 5.69 Å². The number of ether oxygens (including phenoxy) is 1. The minimum atomic E-state index is 0.160. The Hall–Kier alpha value is -1.84. The van der Waals surface area contributed by atoms with Gasteiger partial charge < -0.3 is 4.74 Å². The first-order valence-corrected chi connectivity index (χ1v) is 5.58. The van der Waals surface area contributed by atoms with Crippen LogP contribution in [0.2, 0.25) is 0 Å². The second kappa shape index (κ2) is 4.20. The second-order valence-corrected chi connectivity index (χ2v) is 4.97. The Balaban J connectivity index is 2.29. The smallest absolute Gasteiger partial charge is 0.253 e. The van der Waals surface area contributed by atoms with Gasteiger partial charge in [-0.15, -0.1) is 9.90 Å². The van der Waals surface area contributed by atoms with Crippen LogP contribution in [-0.4, -0.2) is 22.1 Å². The molecule has 17 heavy (non-hydrogen) atoms. The van der Waals surface area contributed by atoms with Crippen molar-refractivity contribution in [2.75, 3.05) is 7.11 Å². The molecule has 1 aromatic carbocycles. The summed E-state index contributed by atoms with van der Waals surface area (Å²) in [5.74, 6) is 0.518. The van der Waals surface area contributed by atoms with Crippen LogP contribution in [0.1, 0.15) is 26.3 Å². The highest BCUT2D eigenvalue weighted by Crippen LogP contribution is 2.22. The van der Waals surface area contributed by atoms with E-state index in [9.17, 15) is 0 Å². The molecule has 0 saturated carbocycles. The summed E-state index contributed by atoms with van der Waals surface area (Å²) in [7, 11) is 1.58. The molecular weight excluding hydrogens is 214 g/mol. The van der Waals surface area contributed by atoms with Gasteiger partial charge in [-0.05, 0) is 23.1 Å². The van der Waals surface area contributed by atoms with Crippen molar-refractivity contribution in [1.29, 1.82) is 0 Å². The lowest BCUT2D eigenvalue weighted by molar-refractivity contribution is 0.394. The maximum absolute atomic E-state index is 5.00. The van der Waals surface area contributed by atoms with Crippen LogP contribution in [0.25, 0.3) is 5.69 Å². The molecule has 0 aliphatic rings. The zero-order chi connectivity index (χ0) is 12.5. The highest BCUT2D eigenvalue weighted by molar-refractivity contribution is 5.35. The summed E-state index contributed by atoms with van der Waals surface area (Å²) in [5, 5.41) is 8.30. The van der Waals surface area contributed by atoms with Gasteiger partial charge in [0.05, 0.1) is 12.8 Å². The van der Waals surface area contributed by atoms with Gasteiger partial charge in [0.2, 0.25) is 0 Å². The van der Waals surface area contributed by atoms with Crippen molar-refractivity contribution in [3.05, 3.63) is 36.0 Å².